The van der Waals surface area contributed by atoms with E-state index in [4.69, 9.17) is 15.2 Å². The van der Waals surface area contributed by atoms with E-state index in [1.54, 1.807) is 25.3 Å². The van der Waals surface area contributed by atoms with Crippen LogP contribution in [0.4, 0.5) is 35.8 Å². The molecule has 0 bridgehead atoms. The van der Waals surface area contributed by atoms with E-state index < -0.39 is 18.0 Å². The summed E-state index contributed by atoms with van der Waals surface area (Å²) in [6.07, 6.45) is 1.23. The zero-order valence-corrected chi connectivity index (χ0v) is 29.3. The number of carbonyl (C=O) groups is 1. The predicted octanol–water partition coefficient (Wildman–Crippen LogP) is 3.41. The van der Waals surface area contributed by atoms with Crippen LogP contribution in [0.5, 0.6) is 5.75 Å². The number of Topliss-reactive ketones (excluding diaryl/α,β-unsaturated/α-hetero) is 1. The van der Waals surface area contributed by atoms with E-state index in [-0.39, 0.29) is 24.3 Å². The van der Waals surface area contributed by atoms with Gasteiger partial charge < -0.3 is 35.6 Å². The molecule has 5 aromatic rings. The number of carbonyl (C=O) groups excluding carboxylic acids is 1. The molecule has 268 valence electrons. The van der Waals surface area contributed by atoms with Gasteiger partial charge in [-0.2, -0.15) is 8.78 Å². The standard InChI is InChI=1S/C21H23FN6O3S.C10H12FN7S/c1-30-15-5-3-4-13(10-15)20(31-2)16(29)11-19-26-27-21(32-19)23-14-8-9-28(12-14)18-7-6-17(22)24-25-18;11-7-1-2-8(15-14-7)18-4-3-6(5-18)13-10-17-16-9(12)19-10/h3-7,10,14,20H,8-9,11-12H2,1-2H3,(H,23,27);1-2,6H,3-5H2,(H2,12,16)(H,13,17)/t14-,20+;6-/m11/s1. The maximum absolute atomic E-state index is 13.0. The minimum atomic E-state index is -0.703. The fraction of sp³-hybridized carbons (Fsp3) is 0.387. The first-order valence-corrected chi connectivity index (χ1v) is 17.5. The second-order valence-corrected chi connectivity index (χ2v) is 13.6. The summed E-state index contributed by atoms with van der Waals surface area (Å²) >= 11 is 2.67. The molecule has 16 nitrogen and oxygen atoms in total. The number of nitrogens with zero attached hydrogens (tertiary/aromatic N) is 10. The van der Waals surface area contributed by atoms with Crippen molar-refractivity contribution in [2.24, 2.45) is 0 Å². The summed E-state index contributed by atoms with van der Waals surface area (Å²) in [7, 11) is 3.08. The number of halogens is 2. The number of nitrogens with one attached hydrogen (secondary N) is 2. The molecule has 2 fully saturated rings. The Hall–Kier alpha value is -5.21. The van der Waals surface area contributed by atoms with Crippen molar-refractivity contribution >= 4 is 55.5 Å². The molecule has 2 saturated heterocycles. The highest BCUT2D eigenvalue weighted by Gasteiger charge is 2.27. The van der Waals surface area contributed by atoms with Crippen molar-refractivity contribution in [2.75, 3.05) is 66.6 Å². The molecule has 2 aliphatic rings. The largest absolute Gasteiger partial charge is 0.497 e. The van der Waals surface area contributed by atoms with Gasteiger partial charge in [0.05, 0.1) is 13.5 Å². The van der Waals surface area contributed by atoms with E-state index in [9.17, 15) is 13.6 Å². The minimum absolute atomic E-state index is 0.106. The average Bonchev–Trinajstić information content (AvgIpc) is 3.96. The van der Waals surface area contributed by atoms with Gasteiger partial charge in [-0.15, -0.1) is 40.8 Å². The number of anilines is 5. The van der Waals surface area contributed by atoms with E-state index in [1.165, 1.54) is 41.9 Å². The summed E-state index contributed by atoms with van der Waals surface area (Å²) in [5, 5.41) is 39.7. The number of rotatable bonds is 12. The van der Waals surface area contributed by atoms with Crippen LogP contribution in [-0.4, -0.2) is 99.1 Å². The number of nitrogen functional groups attached to an aromatic ring is 1. The molecule has 0 aliphatic carbocycles. The van der Waals surface area contributed by atoms with Crippen LogP contribution in [0.2, 0.25) is 0 Å². The third-order valence-corrected chi connectivity index (χ3v) is 9.61. The fourth-order valence-corrected chi connectivity index (χ4v) is 7.07. The smallest absolute Gasteiger partial charge is 0.233 e. The highest BCUT2D eigenvalue weighted by molar-refractivity contribution is 7.18. The number of benzene rings is 1. The van der Waals surface area contributed by atoms with Crippen LogP contribution < -0.4 is 30.9 Å². The second kappa shape index (κ2) is 16.7. The highest BCUT2D eigenvalue weighted by atomic mass is 32.1. The fourth-order valence-electron chi connectivity index (χ4n) is 5.65. The van der Waals surface area contributed by atoms with Crippen molar-refractivity contribution in [3.8, 4) is 5.75 Å². The van der Waals surface area contributed by atoms with Crippen LogP contribution in [0, 0.1) is 11.9 Å². The van der Waals surface area contributed by atoms with Crippen LogP contribution in [0.1, 0.15) is 29.5 Å². The molecule has 2 aliphatic heterocycles. The third-order valence-electron chi connectivity index (χ3n) is 8.07. The van der Waals surface area contributed by atoms with Crippen LogP contribution in [0.15, 0.2) is 48.5 Å². The number of hydrogen-bond donors (Lipinski definition) is 3. The molecule has 0 unspecified atom stereocenters. The number of hydrogen-bond acceptors (Lipinski definition) is 18. The Bertz CT molecular complexity index is 1880. The quantitative estimate of drug-likeness (QED) is 0.168. The number of ketones is 1. The number of nitrogens with two attached hydrogens (primary N) is 1. The van der Waals surface area contributed by atoms with Crippen LogP contribution in [-0.2, 0) is 16.0 Å². The Morgan fingerprint density at radius 2 is 1.45 bits per heavy atom. The first-order valence-electron chi connectivity index (χ1n) is 15.9. The maximum atomic E-state index is 13.0. The van der Waals surface area contributed by atoms with Gasteiger partial charge in [0.15, 0.2) is 17.4 Å². The van der Waals surface area contributed by atoms with Gasteiger partial charge in [0, 0.05) is 45.4 Å². The lowest BCUT2D eigenvalue weighted by molar-refractivity contribution is -0.128. The molecule has 7 rings (SSSR count). The van der Waals surface area contributed by atoms with Crippen molar-refractivity contribution in [1.29, 1.82) is 0 Å². The van der Waals surface area contributed by atoms with Gasteiger partial charge in [0.1, 0.15) is 16.9 Å². The molecule has 0 amide bonds. The van der Waals surface area contributed by atoms with Crippen molar-refractivity contribution in [3.05, 3.63) is 71.0 Å². The molecular formula is C31H35F2N13O3S2. The van der Waals surface area contributed by atoms with Gasteiger partial charge in [0.2, 0.25) is 27.3 Å². The van der Waals surface area contributed by atoms with Gasteiger partial charge in [-0.1, -0.05) is 34.8 Å². The van der Waals surface area contributed by atoms with E-state index in [2.05, 4.69) is 56.3 Å². The average molecular weight is 740 g/mol. The Balaban J connectivity index is 0.000000200. The Morgan fingerprint density at radius 1 is 0.843 bits per heavy atom. The van der Waals surface area contributed by atoms with E-state index in [0.717, 1.165) is 43.2 Å². The molecule has 0 radical (unpaired) electrons. The van der Waals surface area contributed by atoms with Gasteiger partial charge in [-0.25, -0.2) is 0 Å². The summed E-state index contributed by atoms with van der Waals surface area (Å²) in [6, 6.07) is 13.5. The van der Waals surface area contributed by atoms with E-state index in [1.807, 2.05) is 23.1 Å². The molecule has 51 heavy (non-hydrogen) atoms. The zero-order valence-electron chi connectivity index (χ0n) is 27.6. The van der Waals surface area contributed by atoms with Crippen LogP contribution >= 0.6 is 22.7 Å². The summed E-state index contributed by atoms with van der Waals surface area (Å²) in [4.78, 5) is 16.9. The van der Waals surface area contributed by atoms with Crippen molar-refractivity contribution in [3.63, 3.8) is 0 Å². The first-order chi connectivity index (χ1) is 24.8. The van der Waals surface area contributed by atoms with Gasteiger partial charge in [0.25, 0.3) is 0 Å². The van der Waals surface area contributed by atoms with E-state index in [0.29, 0.717) is 39.2 Å². The van der Waals surface area contributed by atoms with Gasteiger partial charge in [-0.05, 0) is 54.8 Å². The molecule has 6 heterocycles. The van der Waals surface area contributed by atoms with Crippen LogP contribution in [0.25, 0.3) is 0 Å². The van der Waals surface area contributed by atoms with Crippen molar-refractivity contribution < 1.29 is 23.0 Å². The predicted molar refractivity (Wildman–Crippen MR) is 188 cm³/mol. The second-order valence-electron chi connectivity index (χ2n) is 11.6. The van der Waals surface area contributed by atoms with Crippen LogP contribution in [0.3, 0.4) is 0 Å². The first kappa shape index (κ1) is 35.6. The summed E-state index contributed by atoms with van der Waals surface area (Å²) in [5.74, 6) is 0.717. The highest BCUT2D eigenvalue weighted by Crippen LogP contribution is 2.27. The summed E-state index contributed by atoms with van der Waals surface area (Å²) in [5.41, 5.74) is 6.26. The van der Waals surface area contributed by atoms with Gasteiger partial charge >= 0.3 is 0 Å². The maximum Gasteiger partial charge on any atom is 0.233 e. The lowest BCUT2D eigenvalue weighted by atomic mass is 10.0. The number of aromatic nitrogens is 8. The summed E-state index contributed by atoms with van der Waals surface area (Å²) < 4.78 is 36.4. The number of ether oxygens (including phenoxy) is 2. The zero-order chi connectivity index (χ0) is 35.7. The molecule has 0 saturated carbocycles. The SMILES string of the molecule is COc1cccc([C@H](OC)C(=O)Cc2nnc(N[C@@H]3CCN(c4ccc(F)nn4)C3)s2)c1.Nc1nnc(N[C@@H]2CCN(c3ccc(F)nn3)C2)s1. The molecule has 4 aromatic heterocycles. The molecule has 20 heteroatoms. The summed E-state index contributed by atoms with van der Waals surface area (Å²) in [6.45, 7) is 3.07. The van der Waals surface area contributed by atoms with Gasteiger partial charge in [-0.3, -0.25) is 4.79 Å². The topological polar surface area (TPSA) is 195 Å². The molecule has 4 N–H and O–H groups in total. The Labute approximate surface area is 299 Å². The normalized spacial score (nSPS) is 17.5. The Kier molecular flexibility index (Phi) is 11.6. The lowest BCUT2D eigenvalue weighted by Crippen LogP contribution is -2.26. The number of methoxy groups -OCH3 is 2. The lowest BCUT2D eigenvalue weighted by Gasteiger charge is -2.16. The monoisotopic (exact) mass is 739 g/mol. The van der Waals surface area contributed by atoms with Crippen molar-refractivity contribution in [2.45, 2.75) is 37.5 Å². The molecule has 3 atom stereocenters. The Morgan fingerprint density at radius 3 is 1.98 bits per heavy atom. The van der Waals surface area contributed by atoms with Crippen molar-refractivity contribution in [1.82, 2.24) is 40.8 Å². The minimum Gasteiger partial charge on any atom is -0.497 e. The molecular weight excluding hydrogens is 705 g/mol. The van der Waals surface area contributed by atoms with E-state index >= 15 is 0 Å². The molecule has 1 aromatic carbocycles. The molecule has 0 spiro atoms. The third kappa shape index (κ3) is 9.52.